The fourth-order valence-corrected chi connectivity index (χ4v) is 2.98. The van der Waals surface area contributed by atoms with Gasteiger partial charge in [0, 0.05) is 13.2 Å². The van der Waals surface area contributed by atoms with Crippen molar-refractivity contribution in [2.75, 3.05) is 13.7 Å². The fourth-order valence-electron chi connectivity index (χ4n) is 1.48. The molecule has 3 N–H and O–H groups in total. The maximum Gasteiger partial charge on any atom is 0.287 e. The number of nitrogens with two attached hydrogens (primary N) is 1. The number of rotatable bonds is 6. The highest BCUT2D eigenvalue weighted by atomic mass is 79.9. The highest BCUT2D eigenvalue weighted by molar-refractivity contribution is 9.10. The lowest BCUT2D eigenvalue weighted by Crippen LogP contribution is -2.41. The molecule has 1 amide bonds. The molecule has 1 rings (SSSR count). The van der Waals surface area contributed by atoms with Gasteiger partial charge in [0.1, 0.15) is 4.90 Å². The van der Waals surface area contributed by atoms with Crippen LogP contribution in [0.25, 0.3) is 0 Å². The van der Waals surface area contributed by atoms with Gasteiger partial charge in [-0.1, -0.05) is 13.8 Å². The first kappa shape index (κ1) is 17.2. The number of halogens is 1. The van der Waals surface area contributed by atoms with Gasteiger partial charge in [-0.15, -0.1) is 0 Å². The second kappa shape index (κ2) is 6.70. The molecular weight excluding hydrogens is 352 g/mol. The molecule has 0 aliphatic rings. The van der Waals surface area contributed by atoms with Crippen LogP contribution in [-0.2, 0) is 14.8 Å². The number of sulfonamides is 1. The summed E-state index contributed by atoms with van der Waals surface area (Å²) >= 11 is 2.92. The topological polar surface area (TPSA) is 112 Å². The summed E-state index contributed by atoms with van der Waals surface area (Å²) in [7, 11) is -2.41. The third-order valence-electron chi connectivity index (χ3n) is 2.65. The number of carbonyl (C=O) groups is 1. The van der Waals surface area contributed by atoms with Crippen LogP contribution in [0.1, 0.15) is 24.4 Å². The molecule has 0 saturated carbocycles. The SMILES string of the molecule is COCC(NC(=O)c1cc(S(N)(=O)=O)c(Br)o1)C(C)C. The summed E-state index contributed by atoms with van der Waals surface area (Å²) in [4.78, 5) is 11.7. The Bertz CT molecular complexity index is 582. The standard InChI is InChI=1S/C11H17BrN2O5S/c1-6(2)7(5-18-3)14-11(15)8-4-9(10(12)19-8)20(13,16)17/h4,6-7H,5H2,1-3H3,(H,14,15)(H2,13,16,17). The zero-order valence-electron chi connectivity index (χ0n) is 11.3. The van der Waals surface area contributed by atoms with E-state index >= 15 is 0 Å². The molecule has 9 heteroatoms. The summed E-state index contributed by atoms with van der Waals surface area (Å²) in [5, 5.41) is 7.71. The lowest BCUT2D eigenvalue weighted by Gasteiger charge is -2.20. The Morgan fingerprint density at radius 2 is 2.15 bits per heavy atom. The van der Waals surface area contributed by atoms with Gasteiger partial charge >= 0.3 is 0 Å². The maximum atomic E-state index is 12.0. The molecule has 1 heterocycles. The number of furan rings is 1. The molecule has 0 aliphatic heterocycles. The smallest absolute Gasteiger partial charge is 0.287 e. The molecule has 7 nitrogen and oxygen atoms in total. The molecule has 20 heavy (non-hydrogen) atoms. The van der Waals surface area contributed by atoms with Gasteiger partial charge in [0.05, 0.1) is 12.6 Å². The van der Waals surface area contributed by atoms with E-state index < -0.39 is 15.9 Å². The number of methoxy groups -OCH3 is 1. The fraction of sp³-hybridized carbons (Fsp3) is 0.545. The second-order valence-electron chi connectivity index (χ2n) is 4.57. The van der Waals surface area contributed by atoms with Crippen molar-refractivity contribution < 1.29 is 22.4 Å². The van der Waals surface area contributed by atoms with Gasteiger partial charge in [-0.2, -0.15) is 0 Å². The van der Waals surface area contributed by atoms with Crippen molar-refractivity contribution in [1.82, 2.24) is 5.32 Å². The van der Waals surface area contributed by atoms with Gasteiger partial charge in [-0.3, -0.25) is 4.79 Å². The summed E-state index contributed by atoms with van der Waals surface area (Å²) in [6, 6.07) is 0.869. The molecule has 0 bridgehead atoms. The first-order valence-corrected chi connectivity index (χ1v) is 8.12. The summed E-state index contributed by atoms with van der Waals surface area (Å²) in [6.07, 6.45) is 0. The summed E-state index contributed by atoms with van der Waals surface area (Å²) in [5.41, 5.74) is 0. The Morgan fingerprint density at radius 3 is 2.55 bits per heavy atom. The number of amides is 1. The lowest BCUT2D eigenvalue weighted by atomic mass is 10.1. The number of hydrogen-bond donors (Lipinski definition) is 2. The third kappa shape index (κ3) is 4.30. The first-order valence-electron chi connectivity index (χ1n) is 5.78. The van der Waals surface area contributed by atoms with Crippen molar-refractivity contribution in [1.29, 1.82) is 0 Å². The Balaban J connectivity index is 2.93. The number of carbonyl (C=O) groups excluding carboxylic acids is 1. The minimum Gasteiger partial charge on any atom is -0.443 e. The normalized spacial score (nSPS) is 13.5. The van der Waals surface area contributed by atoms with Gasteiger partial charge < -0.3 is 14.5 Å². The van der Waals surface area contributed by atoms with E-state index in [1.165, 1.54) is 7.11 Å². The van der Waals surface area contributed by atoms with E-state index in [0.29, 0.717) is 6.61 Å². The predicted octanol–water partition coefficient (Wildman–Crippen LogP) is 1.09. The van der Waals surface area contributed by atoms with Crippen molar-refractivity contribution in [3.63, 3.8) is 0 Å². The van der Waals surface area contributed by atoms with Gasteiger partial charge in [-0.25, -0.2) is 13.6 Å². The van der Waals surface area contributed by atoms with Crippen LogP contribution in [-0.4, -0.2) is 34.1 Å². The van der Waals surface area contributed by atoms with Gasteiger partial charge in [0.2, 0.25) is 10.0 Å². The number of hydrogen-bond acceptors (Lipinski definition) is 5. The van der Waals surface area contributed by atoms with Crippen LogP contribution in [0, 0.1) is 5.92 Å². The first-order chi connectivity index (χ1) is 9.16. The number of primary sulfonamides is 1. The van der Waals surface area contributed by atoms with E-state index in [4.69, 9.17) is 14.3 Å². The Kier molecular flexibility index (Phi) is 5.75. The van der Waals surface area contributed by atoms with E-state index in [1.54, 1.807) is 0 Å². The predicted molar refractivity (Wildman–Crippen MR) is 75.7 cm³/mol. The van der Waals surface area contributed by atoms with Crippen LogP contribution < -0.4 is 10.5 Å². The van der Waals surface area contributed by atoms with Crippen LogP contribution in [0.4, 0.5) is 0 Å². The van der Waals surface area contributed by atoms with Crippen LogP contribution in [0.5, 0.6) is 0 Å². The lowest BCUT2D eigenvalue weighted by molar-refractivity contribution is 0.0838. The van der Waals surface area contributed by atoms with Crippen molar-refractivity contribution in [2.24, 2.45) is 11.1 Å². The number of nitrogens with one attached hydrogen (secondary N) is 1. The Hall–Kier alpha value is -0.900. The summed E-state index contributed by atoms with van der Waals surface area (Å²) < 4.78 is 32.5. The molecule has 1 aromatic rings. The molecule has 0 spiro atoms. The Morgan fingerprint density at radius 1 is 1.55 bits per heavy atom. The minimum absolute atomic E-state index is 0.0991. The van der Waals surface area contributed by atoms with Crippen molar-refractivity contribution >= 4 is 31.9 Å². The van der Waals surface area contributed by atoms with Gasteiger partial charge in [-0.05, 0) is 21.8 Å². The molecule has 0 aliphatic carbocycles. The molecule has 0 saturated heterocycles. The molecule has 1 aromatic heterocycles. The minimum atomic E-state index is -3.95. The number of ether oxygens (including phenoxy) is 1. The van der Waals surface area contributed by atoms with Crippen LogP contribution in [0.3, 0.4) is 0 Å². The molecule has 0 aromatic carbocycles. The molecule has 0 fully saturated rings. The monoisotopic (exact) mass is 368 g/mol. The summed E-state index contributed by atoms with van der Waals surface area (Å²) in [6.45, 7) is 4.20. The third-order valence-corrected chi connectivity index (χ3v) is 4.42. The molecular formula is C11H17BrN2O5S. The molecule has 1 atom stereocenters. The average molecular weight is 369 g/mol. The zero-order chi connectivity index (χ0) is 15.5. The van der Waals surface area contributed by atoms with Crippen molar-refractivity contribution in [3.8, 4) is 0 Å². The van der Waals surface area contributed by atoms with Crippen LogP contribution >= 0.6 is 15.9 Å². The van der Waals surface area contributed by atoms with E-state index in [2.05, 4.69) is 21.2 Å². The summed E-state index contributed by atoms with van der Waals surface area (Å²) in [5.74, 6) is -0.519. The zero-order valence-corrected chi connectivity index (χ0v) is 13.7. The van der Waals surface area contributed by atoms with Crippen molar-refractivity contribution in [2.45, 2.75) is 24.8 Å². The van der Waals surface area contributed by atoms with E-state index in [1.807, 2.05) is 13.8 Å². The quantitative estimate of drug-likeness (QED) is 0.780. The maximum absolute atomic E-state index is 12.0. The highest BCUT2D eigenvalue weighted by Crippen LogP contribution is 2.25. The average Bonchev–Trinajstić information content (AvgIpc) is 2.70. The van der Waals surface area contributed by atoms with E-state index in [0.717, 1.165) is 6.07 Å². The molecule has 1 unspecified atom stereocenters. The van der Waals surface area contributed by atoms with Gasteiger partial charge in [0.25, 0.3) is 5.91 Å². The van der Waals surface area contributed by atoms with E-state index in [-0.39, 0.29) is 27.3 Å². The molecule has 0 radical (unpaired) electrons. The largest absolute Gasteiger partial charge is 0.443 e. The molecule has 114 valence electrons. The Labute approximate surface area is 126 Å². The second-order valence-corrected chi connectivity index (χ2v) is 6.82. The van der Waals surface area contributed by atoms with E-state index in [9.17, 15) is 13.2 Å². The van der Waals surface area contributed by atoms with Crippen LogP contribution in [0.2, 0.25) is 0 Å². The van der Waals surface area contributed by atoms with Crippen LogP contribution in [0.15, 0.2) is 20.0 Å². The van der Waals surface area contributed by atoms with Gasteiger partial charge in [0.15, 0.2) is 10.4 Å². The van der Waals surface area contributed by atoms with Crippen molar-refractivity contribution in [3.05, 3.63) is 16.5 Å². The highest BCUT2D eigenvalue weighted by Gasteiger charge is 2.24.